The molecule has 0 aromatic heterocycles. The molecule has 0 spiro atoms. The predicted molar refractivity (Wildman–Crippen MR) is 287 cm³/mol. The monoisotopic (exact) mass is 990 g/mol. The Kier molecular flexibility index (Phi) is 45.8. The molecule has 1 amide bonds. The summed E-state index contributed by atoms with van der Waals surface area (Å²) in [7, 11) is 0. The third-order valence-electron chi connectivity index (χ3n) is 13.4. The van der Waals surface area contributed by atoms with Gasteiger partial charge in [-0.15, -0.1) is 0 Å². The van der Waals surface area contributed by atoms with Gasteiger partial charge in [0.1, 0.15) is 24.4 Å². The number of allylic oxidation sites excluding steroid dienone is 7. The number of esters is 1. The van der Waals surface area contributed by atoms with Crippen molar-refractivity contribution in [2.75, 3.05) is 19.8 Å². The molecule has 1 heterocycles. The first-order valence-electron chi connectivity index (χ1n) is 28.9. The number of nitrogens with one attached hydrogen (secondary N) is 1. The van der Waals surface area contributed by atoms with E-state index in [1.165, 1.54) is 135 Å². The molecule has 1 fully saturated rings. The lowest BCUT2D eigenvalue weighted by molar-refractivity contribution is -0.302. The van der Waals surface area contributed by atoms with Crippen molar-refractivity contribution in [3.63, 3.8) is 0 Å². The fourth-order valence-corrected chi connectivity index (χ4v) is 8.82. The zero-order chi connectivity index (χ0) is 51.0. The average Bonchev–Trinajstić information content (AvgIpc) is 3.36. The summed E-state index contributed by atoms with van der Waals surface area (Å²) in [6.45, 7) is 4.18. The average molecular weight is 991 g/mol. The maximum absolute atomic E-state index is 13.0. The highest BCUT2D eigenvalue weighted by atomic mass is 16.7. The van der Waals surface area contributed by atoms with E-state index < -0.39 is 49.5 Å². The largest absolute Gasteiger partial charge is 0.466 e. The number of ether oxygens (including phenoxy) is 3. The van der Waals surface area contributed by atoms with E-state index in [1.807, 2.05) is 6.08 Å². The lowest BCUT2D eigenvalue weighted by Crippen LogP contribution is -2.60. The van der Waals surface area contributed by atoms with E-state index in [2.05, 4.69) is 55.6 Å². The van der Waals surface area contributed by atoms with Crippen molar-refractivity contribution in [2.45, 2.75) is 294 Å². The summed E-state index contributed by atoms with van der Waals surface area (Å²) in [4.78, 5) is 25.0. The number of aliphatic hydroxyl groups excluding tert-OH is 5. The molecule has 0 saturated carbocycles. The first-order chi connectivity index (χ1) is 34.2. The summed E-state index contributed by atoms with van der Waals surface area (Å²) in [6.07, 6.45) is 50.8. The van der Waals surface area contributed by atoms with Crippen molar-refractivity contribution in [1.82, 2.24) is 5.32 Å². The number of carbonyl (C=O) groups is 2. The summed E-state index contributed by atoms with van der Waals surface area (Å²) in [5, 5.41) is 54.1. The maximum atomic E-state index is 13.0. The number of unbranched alkanes of at least 4 members (excludes halogenated alkanes) is 29. The van der Waals surface area contributed by atoms with Crippen molar-refractivity contribution in [3.05, 3.63) is 48.6 Å². The Labute approximate surface area is 427 Å². The van der Waals surface area contributed by atoms with Gasteiger partial charge in [-0.1, -0.05) is 210 Å². The summed E-state index contributed by atoms with van der Waals surface area (Å²) in [6, 6.07) is -0.839. The number of hydrogen-bond donors (Lipinski definition) is 6. The fourth-order valence-electron chi connectivity index (χ4n) is 8.82. The van der Waals surface area contributed by atoms with E-state index >= 15 is 0 Å². The van der Waals surface area contributed by atoms with Crippen LogP contribution in [0.4, 0.5) is 0 Å². The van der Waals surface area contributed by atoms with Crippen LogP contribution in [0.3, 0.4) is 0 Å². The van der Waals surface area contributed by atoms with E-state index in [-0.39, 0.29) is 18.5 Å². The highest BCUT2D eigenvalue weighted by Gasteiger charge is 2.44. The molecule has 0 aromatic carbocycles. The first-order valence-corrected chi connectivity index (χ1v) is 28.9. The Morgan fingerprint density at radius 2 is 0.971 bits per heavy atom. The maximum Gasteiger partial charge on any atom is 0.305 e. The van der Waals surface area contributed by atoms with Crippen LogP contribution >= 0.6 is 0 Å². The molecule has 7 unspecified atom stereocenters. The number of carbonyl (C=O) groups excluding carboxylic acids is 2. The minimum Gasteiger partial charge on any atom is -0.466 e. The Morgan fingerprint density at radius 3 is 1.49 bits per heavy atom. The Morgan fingerprint density at radius 1 is 0.529 bits per heavy atom. The van der Waals surface area contributed by atoms with Crippen LogP contribution in [0.5, 0.6) is 0 Å². The smallest absolute Gasteiger partial charge is 0.305 e. The Hall–Kier alpha value is -2.38. The molecule has 11 nitrogen and oxygen atoms in total. The van der Waals surface area contributed by atoms with Crippen molar-refractivity contribution in [2.24, 2.45) is 0 Å². The van der Waals surface area contributed by atoms with E-state index in [4.69, 9.17) is 14.2 Å². The van der Waals surface area contributed by atoms with Gasteiger partial charge in [-0.3, -0.25) is 9.59 Å². The molecule has 11 heteroatoms. The van der Waals surface area contributed by atoms with Crippen LogP contribution in [0, 0.1) is 0 Å². The topological polar surface area (TPSA) is 175 Å². The normalized spacial score (nSPS) is 19.6. The molecule has 70 heavy (non-hydrogen) atoms. The third kappa shape index (κ3) is 38.3. The van der Waals surface area contributed by atoms with Crippen molar-refractivity contribution in [3.8, 4) is 0 Å². The summed E-state index contributed by atoms with van der Waals surface area (Å²) >= 11 is 0. The molecule has 0 aromatic rings. The van der Waals surface area contributed by atoms with Gasteiger partial charge in [-0.05, 0) is 77.0 Å². The second kappa shape index (κ2) is 48.9. The van der Waals surface area contributed by atoms with E-state index in [0.717, 1.165) is 89.9 Å². The molecule has 7 atom stereocenters. The Bertz CT molecular complexity index is 1300. The highest BCUT2D eigenvalue weighted by molar-refractivity contribution is 5.76. The van der Waals surface area contributed by atoms with Crippen LogP contribution in [0.1, 0.15) is 251 Å². The van der Waals surface area contributed by atoms with Gasteiger partial charge in [0.25, 0.3) is 0 Å². The standard InChI is InChI=1S/C59H107NO10/c1-3-5-7-9-11-13-26-31-35-39-43-47-55(64)68-48-44-40-36-32-28-25-23-21-19-17-15-16-18-20-22-24-27-30-34-38-42-46-54(63)60-51(50-69-59-58(67)57(66)56(65)53(49-61)70-59)52(62)45-41-37-33-29-14-12-10-8-6-4-2/h6,8,14,16,18,29,41,45,51-53,56-59,61-62,65-67H,3-5,7,9-13,15,17,19-28,30-40,42-44,46-50H2,1-2H3,(H,60,63)/b8-6+,18-16-,29-14+,45-41+. The second-order valence-electron chi connectivity index (χ2n) is 19.9. The SMILES string of the molecule is CC/C=C/CC/C=C/CC/C=C/C(O)C(COC1OC(CO)C(O)C(O)C1O)NC(=O)CCCCCCCCC/C=C\CCCCCCCCCCCCOC(=O)CCCCCCCCCCCCC. The van der Waals surface area contributed by atoms with Crippen molar-refractivity contribution in [1.29, 1.82) is 0 Å². The Balaban J connectivity index is 2.07. The fraction of sp³-hybridized carbons (Fsp3) is 0.831. The van der Waals surface area contributed by atoms with Gasteiger partial charge >= 0.3 is 5.97 Å². The van der Waals surface area contributed by atoms with Crippen molar-refractivity contribution >= 4 is 11.9 Å². The first kappa shape index (κ1) is 65.6. The minimum absolute atomic E-state index is 0.00686. The quantitative estimate of drug-likeness (QED) is 0.0196. The molecule has 0 bridgehead atoms. The number of amides is 1. The lowest BCUT2D eigenvalue weighted by atomic mass is 9.99. The van der Waals surface area contributed by atoms with E-state index in [9.17, 15) is 35.1 Å². The zero-order valence-electron chi connectivity index (χ0n) is 44.7. The second-order valence-corrected chi connectivity index (χ2v) is 19.9. The van der Waals surface area contributed by atoms with Crippen LogP contribution < -0.4 is 5.32 Å². The van der Waals surface area contributed by atoms with Crippen LogP contribution in [0.15, 0.2) is 48.6 Å². The highest BCUT2D eigenvalue weighted by Crippen LogP contribution is 2.23. The number of aliphatic hydroxyl groups is 5. The van der Waals surface area contributed by atoms with Gasteiger partial charge in [0.05, 0.1) is 32.0 Å². The lowest BCUT2D eigenvalue weighted by Gasteiger charge is -2.40. The van der Waals surface area contributed by atoms with Crippen LogP contribution in [0.25, 0.3) is 0 Å². The van der Waals surface area contributed by atoms with Crippen LogP contribution in [-0.4, -0.2) is 100 Å². The molecule has 0 radical (unpaired) electrons. The summed E-state index contributed by atoms with van der Waals surface area (Å²) < 4.78 is 16.6. The molecular formula is C59H107NO10. The van der Waals surface area contributed by atoms with Gasteiger partial charge < -0.3 is 45.1 Å². The molecule has 408 valence electrons. The molecule has 1 aliphatic rings. The van der Waals surface area contributed by atoms with E-state index in [0.29, 0.717) is 19.4 Å². The molecule has 1 rings (SSSR count). The summed E-state index contributed by atoms with van der Waals surface area (Å²) in [5.74, 6) is -0.214. The number of rotatable bonds is 49. The predicted octanol–water partition coefficient (Wildman–Crippen LogP) is 12.9. The van der Waals surface area contributed by atoms with Crippen LogP contribution in [0.2, 0.25) is 0 Å². The number of hydrogen-bond acceptors (Lipinski definition) is 10. The van der Waals surface area contributed by atoms with Gasteiger partial charge in [0, 0.05) is 12.8 Å². The van der Waals surface area contributed by atoms with Crippen LogP contribution in [-0.2, 0) is 23.8 Å². The van der Waals surface area contributed by atoms with Gasteiger partial charge in [-0.2, -0.15) is 0 Å². The molecule has 0 aliphatic carbocycles. The minimum atomic E-state index is -1.58. The van der Waals surface area contributed by atoms with Gasteiger partial charge in [0.15, 0.2) is 6.29 Å². The van der Waals surface area contributed by atoms with Crippen molar-refractivity contribution < 1.29 is 49.3 Å². The summed E-state index contributed by atoms with van der Waals surface area (Å²) in [5.41, 5.74) is 0. The zero-order valence-corrected chi connectivity index (χ0v) is 44.7. The van der Waals surface area contributed by atoms with E-state index in [1.54, 1.807) is 6.08 Å². The van der Waals surface area contributed by atoms with Gasteiger partial charge in [0.2, 0.25) is 5.91 Å². The molecular weight excluding hydrogens is 883 g/mol. The third-order valence-corrected chi connectivity index (χ3v) is 13.4. The van der Waals surface area contributed by atoms with Gasteiger partial charge in [-0.25, -0.2) is 0 Å². The molecule has 1 saturated heterocycles. The molecule has 6 N–H and O–H groups in total. The molecule has 1 aliphatic heterocycles.